The van der Waals surface area contributed by atoms with Crippen molar-refractivity contribution in [3.05, 3.63) is 0 Å². The molecule has 2 aliphatic rings. The van der Waals surface area contributed by atoms with E-state index in [4.69, 9.17) is 9.73 Å². The Morgan fingerprint density at radius 2 is 1.96 bits per heavy atom. The third kappa shape index (κ3) is 6.15. The number of esters is 1. The lowest BCUT2D eigenvalue weighted by Gasteiger charge is -2.36. The van der Waals surface area contributed by atoms with Gasteiger partial charge in [-0.2, -0.15) is 0 Å². The average molecular weight is 367 g/mol. The number of likely N-dealkylation sites (tertiary alicyclic amines) is 2. The Hall–Kier alpha value is -1.30. The molecule has 2 unspecified atom stereocenters. The summed E-state index contributed by atoms with van der Waals surface area (Å²) in [6, 6.07) is 0.613. The third-order valence-corrected chi connectivity index (χ3v) is 5.46. The van der Waals surface area contributed by atoms with Crippen molar-refractivity contribution in [3.8, 4) is 0 Å². The van der Waals surface area contributed by atoms with Gasteiger partial charge < -0.3 is 19.9 Å². The van der Waals surface area contributed by atoms with Crippen LogP contribution in [0.2, 0.25) is 0 Å². The Morgan fingerprint density at radius 1 is 1.19 bits per heavy atom. The molecule has 0 aliphatic carbocycles. The van der Waals surface area contributed by atoms with E-state index in [0.29, 0.717) is 25.1 Å². The van der Waals surface area contributed by atoms with Gasteiger partial charge in [0.1, 0.15) is 0 Å². The van der Waals surface area contributed by atoms with E-state index in [1.807, 2.05) is 6.92 Å². The second kappa shape index (κ2) is 10.8. The van der Waals surface area contributed by atoms with Crippen LogP contribution in [0, 0.1) is 11.8 Å². The maximum atomic E-state index is 12.1. The highest BCUT2D eigenvalue weighted by Gasteiger charge is 2.29. The summed E-state index contributed by atoms with van der Waals surface area (Å²) in [6.07, 6.45) is 4.46. The summed E-state index contributed by atoms with van der Waals surface area (Å²) in [5.41, 5.74) is 0. The topological polar surface area (TPSA) is 57.2 Å². The van der Waals surface area contributed by atoms with Gasteiger partial charge in [-0.15, -0.1) is 0 Å². The summed E-state index contributed by atoms with van der Waals surface area (Å²) in [7, 11) is 0. The third-order valence-electron chi connectivity index (χ3n) is 5.46. The summed E-state index contributed by atoms with van der Waals surface area (Å²) in [6.45, 7) is 14.7. The number of carbonyl (C=O) groups is 1. The first-order valence-corrected chi connectivity index (χ1v) is 10.5. The zero-order valence-corrected chi connectivity index (χ0v) is 17.2. The predicted octanol–water partition coefficient (Wildman–Crippen LogP) is 2.35. The van der Waals surface area contributed by atoms with E-state index in [2.05, 4.69) is 35.9 Å². The van der Waals surface area contributed by atoms with Crippen molar-refractivity contribution in [1.29, 1.82) is 0 Å². The Morgan fingerprint density at radius 3 is 2.65 bits per heavy atom. The summed E-state index contributed by atoms with van der Waals surface area (Å²) in [5, 5.41) is 3.43. The molecule has 150 valence electrons. The maximum absolute atomic E-state index is 12.1. The van der Waals surface area contributed by atoms with Gasteiger partial charge in [0.25, 0.3) is 0 Å². The number of ether oxygens (including phenoxy) is 1. The van der Waals surface area contributed by atoms with Crippen LogP contribution < -0.4 is 5.32 Å². The normalized spacial score (nSPS) is 25.4. The first-order chi connectivity index (χ1) is 12.5. The van der Waals surface area contributed by atoms with Crippen LogP contribution in [0.4, 0.5) is 0 Å². The SMILES string of the molecule is CCNC(=NCC1CCCN(C(C)C)C1)N1CCCC(C(=O)OCC)C1. The second-order valence-electron chi connectivity index (χ2n) is 7.83. The molecule has 26 heavy (non-hydrogen) atoms. The number of nitrogens with one attached hydrogen (secondary N) is 1. The minimum Gasteiger partial charge on any atom is -0.466 e. The van der Waals surface area contributed by atoms with Gasteiger partial charge in [-0.3, -0.25) is 9.79 Å². The molecule has 0 saturated carbocycles. The molecule has 2 heterocycles. The Labute approximate surface area is 159 Å². The molecule has 6 nitrogen and oxygen atoms in total. The fourth-order valence-corrected chi connectivity index (χ4v) is 3.98. The Bertz CT molecular complexity index is 467. The van der Waals surface area contributed by atoms with Crippen LogP contribution in [-0.2, 0) is 9.53 Å². The van der Waals surface area contributed by atoms with E-state index in [9.17, 15) is 4.79 Å². The quantitative estimate of drug-likeness (QED) is 0.444. The van der Waals surface area contributed by atoms with Gasteiger partial charge in [-0.05, 0) is 65.8 Å². The van der Waals surface area contributed by atoms with Gasteiger partial charge in [-0.1, -0.05) is 0 Å². The van der Waals surface area contributed by atoms with E-state index in [0.717, 1.165) is 45.0 Å². The Kier molecular flexibility index (Phi) is 8.69. The van der Waals surface area contributed by atoms with Crippen LogP contribution in [0.5, 0.6) is 0 Å². The van der Waals surface area contributed by atoms with Crippen LogP contribution in [-0.4, -0.2) is 73.6 Å². The molecule has 0 aromatic heterocycles. The van der Waals surface area contributed by atoms with Gasteiger partial charge in [0.15, 0.2) is 5.96 Å². The van der Waals surface area contributed by atoms with Gasteiger partial charge in [0, 0.05) is 38.8 Å². The van der Waals surface area contributed by atoms with Crippen molar-refractivity contribution in [3.63, 3.8) is 0 Å². The molecule has 2 aliphatic heterocycles. The maximum Gasteiger partial charge on any atom is 0.310 e. The molecule has 2 saturated heterocycles. The van der Waals surface area contributed by atoms with Crippen molar-refractivity contribution in [1.82, 2.24) is 15.1 Å². The lowest BCUT2D eigenvalue weighted by atomic mass is 9.97. The highest BCUT2D eigenvalue weighted by molar-refractivity contribution is 5.81. The number of hydrogen-bond donors (Lipinski definition) is 1. The van der Waals surface area contributed by atoms with Crippen LogP contribution >= 0.6 is 0 Å². The van der Waals surface area contributed by atoms with Crippen LogP contribution in [0.15, 0.2) is 4.99 Å². The molecule has 2 rings (SSSR count). The lowest BCUT2D eigenvalue weighted by molar-refractivity contribution is -0.149. The molecule has 0 spiro atoms. The molecule has 6 heteroatoms. The van der Waals surface area contributed by atoms with E-state index < -0.39 is 0 Å². The molecular weight excluding hydrogens is 328 g/mol. The minimum atomic E-state index is -0.0621. The number of piperidine rings is 2. The first kappa shape index (κ1) is 21.0. The summed E-state index contributed by atoms with van der Waals surface area (Å²) in [4.78, 5) is 21.9. The molecule has 0 aromatic rings. The van der Waals surface area contributed by atoms with Gasteiger partial charge in [0.05, 0.1) is 12.5 Å². The summed E-state index contributed by atoms with van der Waals surface area (Å²) < 4.78 is 5.23. The van der Waals surface area contributed by atoms with Crippen molar-refractivity contribution in [2.24, 2.45) is 16.8 Å². The molecule has 0 bridgehead atoms. The second-order valence-corrected chi connectivity index (χ2v) is 7.83. The zero-order chi connectivity index (χ0) is 18.9. The molecule has 2 fully saturated rings. The van der Waals surface area contributed by atoms with Crippen molar-refractivity contribution in [2.75, 3.05) is 45.9 Å². The standard InChI is InChI=1S/C20H38N4O2/c1-5-21-20(22-13-17-9-7-11-23(14-17)16(3)4)24-12-8-10-18(15-24)19(25)26-6-2/h16-18H,5-15H2,1-4H3,(H,21,22). The van der Waals surface area contributed by atoms with Crippen molar-refractivity contribution >= 4 is 11.9 Å². The lowest BCUT2D eigenvalue weighted by Crippen LogP contribution is -2.48. The van der Waals surface area contributed by atoms with E-state index >= 15 is 0 Å². The molecule has 0 aromatic carbocycles. The smallest absolute Gasteiger partial charge is 0.310 e. The molecular formula is C20H38N4O2. The largest absolute Gasteiger partial charge is 0.466 e. The monoisotopic (exact) mass is 366 g/mol. The Balaban J connectivity index is 1.95. The number of nitrogens with zero attached hydrogens (tertiary/aromatic N) is 3. The van der Waals surface area contributed by atoms with E-state index in [1.54, 1.807) is 0 Å². The number of hydrogen-bond acceptors (Lipinski definition) is 4. The first-order valence-electron chi connectivity index (χ1n) is 10.5. The highest BCUT2D eigenvalue weighted by Crippen LogP contribution is 2.20. The molecule has 2 atom stereocenters. The van der Waals surface area contributed by atoms with Gasteiger partial charge >= 0.3 is 5.97 Å². The van der Waals surface area contributed by atoms with E-state index in [1.165, 1.54) is 19.4 Å². The van der Waals surface area contributed by atoms with Crippen LogP contribution in [0.1, 0.15) is 53.4 Å². The summed E-state index contributed by atoms with van der Waals surface area (Å²) in [5.74, 6) is 1.50. The zero-order valence-electron chi connectivity index (χ0n) is 17.2. The van der Waals surface area contributed by atoms with Crippen LogP contribution in [0.3, 0.4) is 0 Å². The highest BCUT2D eigenvalue weighted by atomic mass is 16.5. The fraction of sp³-hybridized carbons (Fsp3) is 0.900. The van der Waals surface area contributed by atoms with Gasteiger partial charge in [0.2, 0.25) is 0 Å². The number of rotatable bonds is 6. The fourth-order valence-electron chi connectivity index (χ4n) is 3.98. The minimum absolute atomic E-state index is 0.0290. The number of carbonyl (C=O) groups excluding carboxylic acids is 1. The number of guanidine groups is 1. The van der Waals surface area contributed by atoms with Gasteiger partial charge in [-0.25, -0.2) is 0 Å². The molecule has 0 radical (unpaired) electrons. The molecule has 0 amide bonds. The molecule has 1 N–H and O–H groups in total. The number of aliphatic imine (C=N–C) groups is 1. The van der Waals surface area contributed by atoms with Crippen LogP contribution in [0.25, 0.3) is 0 Å². The van der Waals surface area contributed by atoms with Crippen molar-refractivity contribution < 1.29 is 9.53 Å². The van der Waals surface area contributed by atoms with Crippen molar-refractivity contribution in [2.45, 2.75) is 59.4 Å². The van der Waals surface area contributed by atoms with E-state index in [-0.39, 0.29) is 11.9 Å². The average Bonchev–Trinajstić information content (AvgIpc) is 2.65. The predicted molar refractivity (Wildman–Crippen MR) is 106 cm³/mol. The summed E-state index contributed by atoms with van der Waals surface area (Å²) >= 11 is 0.